The van der Waals surface area contributed by atoms with Gasteiger partial charge in [0.1, 0.15) is 5.82 Å². The largest absolute Gasteiger partial charge is 0.356 e. The summed E-state index contributed by atoms with van der Waals surface area (Å²) in [5, 5.41) is 2.87. The van der Waals surface area contributed by atoms with E-state index in [1.54, 1.807) is 35.5 Å². The second-order valence-corrected chi connectivity index (χ2v) is 6.52. The molecule has 5 nitrogen and oxygen atoms in total. The Morgan fingerprint density at radius 2 is 2.12 bits per heavy atom. The number of likely N-dealkylation sites (tertiary alicyclic amines) is 1. The summed E-state index contributed by atoms with van der Waals surface area (Å²) in [5.41, 5.74) is 1.60. The molecule has 0 aliphatic carbocycles. The molecule has 1 N–H and O–H groups in total. The first-order valence-electron chi connectivity index (χ1n) is 8.81. The lowest BCUT2D eigenvalue weighted by molar-refractivity contribution is -0.129. The zero-order valence-electron chi connectivity index (χ0n) is 14.5. The fourth-order valence-electron chi connectivity index (χ4n) is 3.15. The van der Waals surface area contributed by atoms with Crippen LogP contribution in [0.25, 0.3) is 0 Å². The number of benzene rings is 1. The molecule has 26 heavy (non-hydrogen) atoms. The Morgan fingerprint density at radius 1 is 1.27 bits per heavy atom. The number of pyridine rings is 1. The summed E-state index contributed by atoms with van der Waals surface area (Å²) in [5.74, 6) is -0.667. The van der Waals surface area contributed by atoms with E-state index < -0.39 is 0 Å². The Bertz CT molecular complexity index is 767. The maximum atomic E-state index is 13.6. The third-order valence-electron chi connectivity index (χ3n) is 4.56. The molecular weight excluding hydrogens is 333 g/mol. The van der Waals surface area contributed by atoms with Crippen molar-refractivity contribution in [2.75, 3.05) is 13.1 Å². The van der Waals surface area contributed by atoms with Gasteiger partial charge in [0, 0.05) is 38.4 Å². The van der Waals surface area contributed by atoms with Crippen molar-refractivity contribution in [1.82, 2.24) is 15.2 Å². The lowest BCUT2D eigenvalue weighted by Gasteiger charge is -2.16. The van der Waals surface area contributed by atoms with Crippen molar-refractivity contribution in [3.05, 3.63) is 65.7 Å². The first kappa shape index (κ1) is 18.0. The Kier molecular flexibility index (Phi) is 5.94. The van der Waals surface area contributed by atoms with Crippen LogP contribution in [0.15, 0.2) is 48.8 Å². The number of halogens is 1. The normalized spacial score (nSPS) is 16.7. The van der Waals surface area contributed by atoms with Gasteiger partial charge in [-0.1, -0.05) is 24.3 Å². The molecule has 0 radical (unpaired) electrons. The van der Waals surface area contributed by atoms with Crippen LogP contribution >= 0.6 is 0 Å². The van der Waals surface area contributed by atoms with Crippen molar-refractivity contribution in [1.29, 1.82) is 0 Å². The highest BCUT2D eigenvalue weighted by molar-refractivity contribution is 5.89. The third kappa shape index (κ3) is 4.65. The molecule has 1 aromatic heterocycles. The molecule has 1 saturated heterocycles. The maximum absolute atomic E-state index is 13.6. The summed E-state index contributed by atoms with van der Waals surface area (Å²) in [7, 11) is 0. The van der Waals surface area contributed by atoms with Crippen molar-refractivity contribution in [3.8, 4) is 0 Å². The molecule has 6 heteroatoms. The smallest absolute Gasteiger partial charge is 0.225 e. The Morgan fingerprint density at radius 3 is 2.88 bits per heavy atom. The predicted octanol–water partition coefficient (Wildman–Crippen LogP) is 2.32. The number of nitrogens with one attached hydrogen (secondary N) is 1. The SMILES string of the molecule is O=C(NCCCc1ccccc1F)[C@@H]1CC(=O)N(Cc2cccnc2)C1. The molecule has 1 atom stereocenters. The fraction of sp³-hybridized carbons (Fsp3) is 0.350. The first-order chi connectivity index (χ1) is 12.6. The number of aryl methyl sites for hydroxylation is 1. The minimum Gasteiger partial charge on any atom is -0.356 e. The average molecular weight is 355 g/mol. The van der Waals surface area contributed by atoms with E-state index in [9.17, 15) is 14.0 Å². The van der Waals surface area contributed by atoms with Gasteiger partial charge in [0.2, 0.25) is 11.8 Å². The van der Waals surface area contributed by atoms with Gasteiger partial charge < -0.3 is 10.2 Å². The molecule has 1 fully saturated rings. The number of amides is 2. The van der Waals surface area contributed by atoms with Gasteiger partial charge >= 0.3 is 0 Å². The fourth-order valence-corrected chi connectivity index (χ4v) is 3.15. The summed E-state index contributed by atoms with van der Waals surface area (Å²) in [4.78, 5) is 30.2. The maximum Gasteiger partial charge on any atom is 0.225 e. The quantitative estimate of drug-likeness (QED) is 0.776. The van der Waals surface area contributed by atoms with Crippen LogP contribution in [0.2, 0.25) is 0 Å². The topological polar surface area (TPSA) is 62.3 Å². The van der Waals surface area contributed by atoms with Gasteiger partial charge in [0.05, 0.1) is 5.92 Å². The van der Waals surface area contributed by atoms with Crippen LogP contribution in [0.1, 0.15) is 24.0 Å². The number of hydrogen-bond donors (Lipinski definition) is 1. The van der Waals surface area contributed by atoms with Crippen molar-refractivity contribution in [3.63, 3.8) is 0 Å². The number of hydrogen-bond acceptors (Lipinski definition) is 3. The molecule has 0 bridgehead atoms. The zero-order chi connectivity index (χ0) is 18.4. The average Bonchev–Trinajstić information content (AvgIpc) is 3.01. The number of aromatic nitrogens is 1. The minimum atomic E-state index is -0.326. The van der Waals surface area contributed by atoms with Crippen molar-refractivity contribution < 1.29 is 14.0 Å². The van der Waals surface area contributed by atoms with Crippen molar-refractivity contribution in [2.24, 2.45) is 5.92 Å². The summed E-state index contributed by atoms with van der Waals surface area (Å²) < 4.78 is 13.6. The lowest BCUT2D eigenvalue weighted by atomic mass is 10.1. The molecule has 2 heterocycles. The second kappa shape index (κ2) is 8.56. The Balaban J connectivity index is 1.42. The van der Waals surface area contributed by atoms with Gasteiger partial charge in [-0.3, -0.25) is 14.6 Å². The highest BCUT2D eigenvalue weighted by atomic mass is 19.1. The van der Waals surface area contributed by atoms with Crippen molar-refractivity contribution >= 4 is 11.8 Å². The number of rotatable bonds is 7. The second-order valence-electron chi connectivity index (χ2n) is 6.52. The summed E-state index contributed by atoms with van der Waals surface area (Å²) in [6.45, 7) is 1.37. The van der Waals surface area contributed by atoms with Crippen LogP contribution in [0.4, 0.5) is 4.39 Å². The van der Waals surface area contributed by atoms with E-state index in [4.69, 9.17) is 0 Å². The van der Waals surface area contributed by atoms with Crippen molar-refractivity contribution in [2.45, 2.75) is 25.8 Å². The Hall–Kier alpha value is -2.76. The molecule has 0 saturated carbocycles. The van der Waals surface area contributed by atoms with Gasteiger partial charge in [-0.25, -0.2) is 4.39 Å². The molecule has 0 unspecified atom stereocenters. The lowest BCUT2D eigenvalue weighted by Crippen LogP contribution is -2.33. The third-order valence-corrected chi connectivity index (χ3v) is 4.56. The van der Waals surface area contributed by atoms with Crippen LogP contribution < -0.4 is 5.32 Å². The van der Waals surface area contributed by atoms with Gasteiger partial charge in [-0.05, 0) is 36.1 Å². The minimum absolute atomic E-state index is 0.0136. The van der Waals surface area contributed by atoms with Crippen LogP contribution in [0.3, 0.4) is 0 Å². The molecule has 2 aromatic rings. The highest BCUT2D eigenvalue weighted by Gasteiger charge is 2.33. The standard InChI is InChI=1S/C20H22FN3O2/c21-18-8-2-1-6-16(18)7-4-10-23-20(26)17-11-19(25)24(14-17)13-15-5-3-9-22-12-15/h1-3,5-6,8-9,12,17H,4,7,10-11,13-14H2,(H,23,26)/t17-/m1/s1. The van der Waals surface area contributed by atoms with E-state index >= 15 is 0 Å². The van der Waals surface area contributed by atoms with E-state index in [-0.39, 0.29) is 30.0 Å². The summed E-state index contributed by atoms with van der Waals surface area (Å²) >= 11 is 0. The van der Waals surface area contributed by atoms with E-state index in [2.05, 4.69) is 10.3 Å². The van der Waals surface area contributed by atoms with E-state index in [1.807, 2.05) is 12.1 Å². The van der Waals surface area contributed by atoms with Crippen LogP contribution in [-0.2, 0) is 22.6 Å². The van der Waals surface area contributed by atoms with Crippen LogP contribution in [-0.4, -0.2) is 34.8 Å². The number of carbonyl (C=O) groups excluding carboxylic acids is 2. The molecular formula is C20H22FN3O2. The Labute approximate surface area is 152 Å². The molecule has 136 valence electrons. The highest BCUT2D eigenvalue weighted by Crippen LogP contribution is 2.20. The van der Waals surface area contributed by atoms with Gasteiger partial charge in [-0.2, -0.15) is 0 Å². The van der Waals surface area contributed by atoms with E-state index in [0.717, 1.165) is 5.56 Å². The monoisotopic (exact) mass is 355 g/mol. The zero-order valence-corrected chi connectivity index (χ0v) is 14.5. The van der Waals surface area contributed by atoms with Gasteiger partial charge in [0.25, 0.3) is 0 Å². The van der Waals surface area contributed by atoms with E-state index in [1.165, 1.54) is 6.07 Å². The van der Waals surface area contributed by atoms with Gasteiger partial charge in [-0.15, -0.1) is 0 Å². The summed E-state index contributed by atoms with van der Waals surface area (Å²) in [6.07, 6.45) is 4.88. The summed E-state index contributed by atoms with van der Waals surface area (Å²) in [6, 6.07) is 10.4. The van der Waals surface area contributed by atoms with Gasteiger partial charge in [0.15, 0.2) is 0 Å². The number of carbonyl (C=O) groups is 2. The molecule has 0 spiro atoms. The first-order valence-corrected chi connectivity index (χ1v) is 8.81. The molecule has 1 aromatic carbocycles. The molecule has 1 aliphatic rings. The van der Waals surface area contributed by atoms with Crippen LogP contribution in [0.5, 0.6) is 0 Å². The van der Waals surface area contributed by atoms with E-state index in [0.29, 0.717) is 38.0 Å². The molecule has 2 amide bonds. The molecule has 1 aliphatic heterocycles. The van der Waals surface area contributed by atoms with Crippen LogP contribution in [0, 0.1) is 11.7 Å². The predicted molar refractivity (Wildman–Crippen MR) is 95.5 cm³/mol. The number of nitrogens with zero attached hydrogens (tertiary/aromatic N) is 2. The molecule has 3 rings (SSSR count).